The van der Waals surface area contributed by atoms with E-state index in [1.807, 2.05) is 30.6 Å². The Morgan fingerprint density at radius 2 is 1.79 bits per heavy atom. The van der Waals surface area contributed by atoms with E-state index in [1.54, 1.807) is 6.20 Å². The summed E-state index contributed by atoms with van der Waals surface area (Å²) >= 11 is 6.20. The lowest BCUT2D eigenvalue weighted by atomic mass is 9.86. The Morgan fingerprint density at radius 1 is 0.970 bits per heavy atom. The predicted molar refractivity (Wildman–Crippen MR) is 131 cm³/mol. The molecule has 1 aliphatic carbocycles. The van der Waals surface area contributed by atoms with E-state index in [4.69, 9.17) is 16.3 Å². The first-order valence-electron chi connectivity index (χ1n) is 11.8. The molecular weight excluding hydrogens is 438 g/mol. The third-order valence-corrected chi connectivity index (χ3v) is 6.78. The third-order valence-electron chi connectivity index (χ3n) is 6.50. The van der Waals surface area contributed by atoms with E-state index in [2.05, 4.69) is 35.9 Å². The molecule has 8 nitrogen and oxygen atoms in total. The molecule has 33 heavy (non-hydrogen) atoms. The van der Waals surface area contributed by atoms with Crippen LogP contribution in [0.5, 0.6) is 0 Å². The minimum atomic E-state index is 0.428. The lowest BCUT2D eigenvalue weighted by Gasteiger charge is -2.29. The molecule has 3 N–H and O–H groups in total. The van der Waals surface area contributed by atoms with Crippen LogP contribution in [0, 0.1) is 5.92 Å². The van der Waals surface area contributed by atoms with Gasteiger partial charge in [-0.2, -0.15) is 0 Å². The highest BCUT2D eigenvalue weighted by Crippen LogP contribution is 2.27. The first-order valence-corrected chi connectivity index (χ1v) is 12.1. The van der Waals surface area contributed by atoms with Crippen LogP contribution >= 0.6 is 11.6 Å². The maximum absolute atomic E-state index is 6.20. The molecule has 9 heteroatoms. The SMILES string of the molecule is Clc1nccc2ccc(NC3CCC(CNc4ncc(CCNC5COC5)cn4)CC3)nc12. The molecule has 4 heterocycles. The fraction of sp³-hybridized carbons (Fsp3) is 0.500. The van der Waals surface area contributed by atoms with Gasteiger partial charge >= 0.3 is 0 Å². The van der Waals surface area contributed by atoms with Gasteiger partial charge in [0.2, 0.25) is 5.95 Å². The summed E-state index contributed by atoms with van der Waals surface area (Å²) in [5, 5.41) is 11.9. The molecule has 0 atom stereocenters. The van der Waals surface area contributed by atoms with Crippen molar-refractivity contribution in [1.29, 1.82) is 0 Å². The Balaban J connectivity index is 1.03. The average molecular weight is 468 g/mol. The Kier molecular flexibility index (Phi) is 7.14. The van der Waals surface area contributed by atoms with Gasteiger partial charge < -0.3 is 20.7 Å². The molecule has 0 bridgehead atoms. The van der Waals surface area contributed by atoms with Gasteiger partial charge in [0.05, 0.1) is 19.3 Å². The third kappa shape index (κ3) is 5.88. The van der Waals surface area contributed by atoms with Crippen LogP contribution < -0.4 is 16.0 Å². The van der Waals surface area contributed by atoms with Crippen LogP contribution in [0.3, 0.4) is 0 Å². The number of pyridine rings is 2. The monoisotopic (exact) mass is 467 g/mol. The van der Waals surface area contributed by atoms with Gasteiger partial charge in [0.25, 0.3) is 0 Å². The van der Waals surface area contributed by atoms with Gasteiger partial charge in [0.1, 0.15) is 11.3 Å². The number of nitrogens with one attached hydrogen (secondary N) is 3. The zero-order valence-electron chi connectivity index (χ0n) is 18.6. The summed E-state index contributed by atoms with van der Waals surface area (Å²) in [7, 11) is 0. The molecule has 5 rings (SSSR count). The summed E-state index contributed by atoms with van der Waals surface area (Å²) in [5.41, 5.74) is 1.90. The summed E-state index contributed by atoms with van der Waals surface area (Å²) in [6, 6.07) is 6.93. The number of anilines is 2. The van der Waals surface area contributed by atoms with Gasteiger partial charge in [-0.3, -0.25) is 0 Å². The van der Waals surface area contributed by atoms with Crippen molar-refractivity contribution in [3.8, 4) is 0 Å². The number of aromatic nitrogens is 4. The summed E-state index contributed by atoms with van der Waals surface area (Å²) in [5.74, 6) is 2.21. The Labute approximate surface area is 198 Å². The van der Waals surface area contributed by atoms with Crippen molar-refractivity contribution in [2.75, 3.05) is 36.9 Å². The largest absolute Gasteiger partial charge is 0.378 e. The molecule has 2 fully saturated rings. The second-order valence-corrected chi connectivity index (χ2v) is 9.32. The van der Waals surface area contributed by atoms with E-state index < -0.39 is 0 Å². The van der Waals surface area contributed by atoms with E-state index in [1.165, 1.54) is 0 Å². The van der Waals surface area contributed by atoms with Crippen molar-refractivity contribution in [2.24, 2.45) is 5.92 Å². The smallest absolute Gasteiger partial charge is 0.222 e. The van der Waals surface area contributed by atoms with Crippen molar-refractivity contribution < 1.29 is 4.74 Å². The highest BCUT2D eigenvalue weighted by atomic mass is 35.5. The fourth-order valence-electron chi connectivity index (χ4n) is 4.40. The number of fused-ring (bicyclic) bond motifs is 1. The van der Waals surface area contributed by atoms with Crippen LogP contribution in [-0.4, -0.2) is 58.3 Å². The summed E-state index contributed by atoms with van der Waals surface area (Å²) in [4.78, 5) is 17.8. The van der Waals surface area contributed by atoms with Crippen LogP contribution in [0.25, 0.3) is 10.9 Å². The minimum absolute atomic E-state index is 0.428. The summed E-state index contributed by atoms with van der Waals surface area (Å²) < 4.78 is 5.17. The van der Waals surface area contributed by atoms with E-state index >= 15 is 0 Å². The van der Waals surface area contributed by atoms with Crippen LogP contribution in [0.15, 0.2) is 36.8 Å². The standard InChI is InChI=1S/C24H30ClN7O/c25-23-22-18(8-10-27-23)3-6-21(32-22)31-19-4-1-16(2-5-19)11-28-24-29-12-17(13-30-24)7-9-26-20-14-33-15-20/h3,6,8,10,12-13,16,19-20,26H,1-2,4-5,7,9,11,14-15H2,(H,31,32)(H,28,29,30). The van der Waals surface area contributed by atoms with E-state index in [9.17, 15) is 0 Å². The molecular formula is C24H30ClN7O. The van der Waals surface area contributed by atoms with Crippen LogP contribution in [0.1, 0.15) is 31.2 Å². The molecule has 1 saturated carbocycles. The molecule has 0 amide bonds. The van der Waals surface area contributed by atoms with Gasteiger partial charge in [-0.15, -0.1) is 0 Å². The maximum Gasteiger partial charge on any atom is 0.222 e. The lowest BCUT2D eigenvalue weighted by molar-refractivity contribution is -0.00467. The minimum Gasteiger partial charge on any atom is -0.378 e. The van der Waals surface area contributed by atoms with Gasteiger partial charge in [-0.1, -0.05) is 11.6 Å². The number of rotatable bonds is 9. The van der Waals surface area contributed by atoms with Crippen LogP contribution in [0.4, 0.5) is 11.8 Å². The zero-order valence-corrected chi connectivity index (χ0v) is 19.4. The van der Waals surface area contributed by atoms with E-state index in [-0.39, 0.29) is 0 Å². The average Bonchev–Trinajstić information content (AvgIpc) is 2.81. The maximum atomic E-state index is 6.20. The van der Waals surface area contributed by atoms with Crippen molar-refractivity contribution in [1.82, 2.24) is 25.3 Å². The normalized spacial score (nSPS) is 21.0. The van der Waals surface area contributed by atoms with Crippen molar-refractivity contribution in [3.63, 3.8) is 0 Å². The van der Waals surface area contributed by atoms with Gasteiger partial charge in [0, 0.05) is 36.6 Å². The van der Waals surface area contributed by atoms with Crippen LogP contribution in [-0.2, 0) is 11.2 Å². The molecule has 2 aliphatic rings. The first kappa shape index (κ1) is 22.3. The van der Waals surface area contributed by atoms with Gasteiger partial charge in [0.15, 0.2) is 5.15 Å². The molecule has 1 aliphatic heterocycles. The molecule has 174 valence electrons. The Morgan fingerprint density at radius 3 is 2.55 bits per heavy atom. The van der Waals surface area contributed by atoms with Gasteiger partial charge in [-0.05, 0) is 68.3 Å². The molecule has 0 aromatic carbocycles. The Hall–Kier alpha value is -2.55. The number of hydrogen-bond donors (Lipinski definition) is 3. The van der Waals surface area contributed by atoms with Crippen molar-refractivity contribution >= 4 is 34.3 Å². The second-order valence-electron chi connectivity index (χ2n) is 8.97. The molecule has 1 saturated heterocycles. The van der Waals surface area contributed by atoms with E-state index in [0.29, 0.717) is 29.1 Å². The lowest BCUT2D eigenvalue weighted by Crippen LogP contribution is -2.46. The molecule has 3 aromatic heterocycles. The van der Waals surface area contributed by atoms with Crippen molar-refractivity contribution in [2.45, 2.75) is 44.2 Å². The predicted octanol–water partition coefficient (Wildman–Crippen LogP) is 3.69. The zero-order chi connectivity index (χ0) is 22.5. The number of hydrogen-bond acceptors (Lipinski definition) is 8. The highest BCUT2D eigenvalue weighted by molar-refractivity contribution is 6.33. The molecule has 0 unspecified atom stereocenters. The molecule has 0 radical (unpaired) electrons. The van der Waals surface area contributed by atoms with E-state index in [0.717, 1.165) is 80.7 Å². The quantitative estimate of drug-likeness (QED) is 0.410. The number of nitrogens with zero attached hydrogens (tertiary/aromatic N) is 4. The second kappa shape index (κ2) is 10.6. The number of halogens is 1. The number of ether oxygens (including phenoxy) is 1. The fourth-order valence-corrected chi connectivity index (χ4v) is 4.61. The van der Waals surface area contributed by atoms with Crippen molar-refractivity contribution in [3.05, 3.63) is 47.5 Å². The molecule has 3 aromatic rings. The van der Waals surface area contributed by atoms with Gasteiger partial charge in [-0.25, -0.2) is 19.9 Å². The summed E-state index contributed by atoms with van der Waals surface area (Å²) in [6.07, 6.45) is 11.0. The first-order chi connectivity index (χ1) is 16.2. The Bertz CT molecular complexity index is 1050. The highest BCUT2D eigenvalue weighted by Gasteiger charge is 2.22. The summed E-state index contributed by atoms with van der Waals surface area (Å²) in [6.45, 7) is 3.49. The molecule has 0 spiro atoms. The van der Waals surface area contributed by atoms with Crippen LogP contribution in [0.2, 0.25) is 5.15 Å². The topological polar surface area (TPSA) is 96.9 Å².